The Morgan fingerprint density at radius 2 is 0.816 bits per heavy atom. The molecule has 0 saturated carbocycles. The van der Waals surface area contributed by atoms with Gasteiger partial charge in [0, 0.05) is 25.9 Å². The summed E-state index contributed by atoms with van der Waals surface area (Å²) in [4.78, 5) is 47.4. The first-order chi connectivity index (χ1) is 24.0. The van der Waals surface area contributed by atoms with E-state index in [9.17, 15) is 19.2 Å². The zero-order valence-electron chi connectivity index (χ0n) is 29.0. The minimum atomic E-state index is -0.168. The number of nitrogens with one attached hydrogen (secondary N) is 2. The third-order valence-corrected chi connectivity index (χ3v) is 7.46. The minimum Gasteiger partial charge on any atom is -0.461 e. The van der Waals surface area contributed by atoms with Crippen molar-refractivity contribution in [3.63, 3.8) is 0 Å². The van der Waals surface area contributed by atoms with Gasteiger partial charge in [-0.3, -0.25) is 19.2 Å². The fourth-order valence-corrected chi connectivity index (χ4v) is 4.69. The standard InChI is InChI=1S/C38H56N2O9/c41-35(39-23-15-5-1-3-13-21-37(43)48-29-33-17-9-7-10-18-33)31-46-27-25-45-26-28-47-32-36(42)40-24-16-6-2-4-14-22-38(44)49-30-34-19-11-8-12-20-34/h7-12,17-20H,1-6,13-16,21-32H2,(H,39,41)(H,40,42). The van der Waals surface area contributed by atoms with E-state index in [1.54, 1.807) is 0 Å². The van der Waals surface area contributed by atoms with Gasteiger partial charge in [0.05, 0.1) is 26.4 Å². The molecule has 0 unspecified atom stereocenters. The molecule has 2 amide bonds. The van der Waals surface area contributed by atoms with Gasteiger partial charge < -0.3 is 34.3 Å². The van der Waals surface area contributed by atoms with E-state index in [1.165, 1.54) is 0 Å². The molecule has 0 radical (unpaired) electrons. The SMILES string of the molecule is O=C(COCCOCCOCC(=O)NCCCCCCCC(=O)OCc1ccccc1)NCCCCCCCC(=O)OCc1ccccc1. The second-order valence-corrected chi connectivity index (χ2v) is 11.7. The molecule has 2 N–H and O–H groups in total. The van der Waals surface area contributed by atoms with E-state index < -0.39 is 0 Å². The van der Waals surface area contributed by atoms with E-state index >= 15 is 0 Å². The number of hydrogen-bond donors (Lipinski definition) is 2. The highest BCUT2D eigenvalue weighted by atomic mass is 16.5. The molecule has 272 valence electrons. The van der Waals surface area contributed by atoms with Crippen molar-refractivity contribution < 1.29 is 42.9 Å². The van der Waals surface area contributed by atoms with Crippen molar-refractivity contribution >= 4 is 23.8 Å². The molecule has 0 heterocycles. The van der Waals surface area contributed by atoms with Crippen LogP contribution in [0.15, 0.2) is 60.7 Å². The van der Waals surface area contributed by atoms with Crippen molar-refractivity contribution in [3.05, 3.63) is 71.8 Å². The number of hydrogen-bond acceptors (Lipinski definition) is 9. The van der Waals surface area contributed by atoms with E-state index in [1.807, 2.05) is 60.7 Å². The molecule has 11 heteroatoms. The highest BCUT2D eigenvalue weighted by molar-refractivity contribution is 5.77. The molecule has 2 aromatic carbocycles. The van der Waals surface area contributed by atoms with Crippen LogP contribution in [-0.2, 0) is 56.1 Å². The summed E-state index contributed by atoms with van der Waals surface area (Å²) in [5.41, 5.74) is 1.98. The molecule has 0 aliphatic rings. The predicted molar refractivity (Wildman–Crippen MR) is 186 cm³/mol. The van der Waals surface area contributed by atoms with Crippen LogP contribution in [-0.4, -0.2) is 76.5 Å². The Hall–Kier alpha value is -3.80. The third-order valence-electron chi connectivity index (χ3n) is 7.46. The number of esters is 2. The Balaban J connectivity index is 1.24. The number of unbranched alkanes of at least 4 members (excludes halogenated alkanes) is 8. The lowest BCUT2D eigenvalue weighted by molar-refractivity contribution is -0.146. The molecule has 0 aliphatic carbocycles. The molecular formula is C38H56N2O9. The maximum atomic E-state index is 11.9. The summed E-state index contributed by atoms with van der Waals surface area (Å²) in [7, 11) is 0. The first kappa shape index (κ1) is 41.4. The van der Waals surface area contributed by atoms with Crippen molar-refractivity contribution in [3.8, 4) is 0 Å². The number of rotatable bonds is 30. The third kappa shape index (κ3) is 24.9. The van der Waals surface area contributed by atoms with E-state index in [2.05, 4.69) is 10.6 Å². The van der Waals surface area contributed by atoms with Crippen LogP contribution >= 0.6 is 0 Å². The second-order valence-electron chi connectivity index (χ2n) is 11.7. The average molecular weight is 685 g/mol. The second kappa shape index (κ2) is 29.1. The first-order valence-electron chi connectivity index (χ1n) is 17.7. The van der Waals surface area contributed by atoms with Crippen LogP contribution < -0.4 is 10.6 Å². The molecule has 0 spiro atoms. The van der Waals surface area contributed by atoms with Crippen molar-refractivity contribution in [2.45, 2.75) is 90.3 Å². The molecule has 2 rings (SSSR count). The predicted octanol–water partition coefficient (Wildman–Crippen LogP) is 5.44. The molecule has 11 nitrogen and oxygen atoms in total. The lowest BCUT2D eigenvalue weighted by Gasteiger charge is -2.08. The van der Waals surface area contributed by atoms with Crippen LogP contribution in [0, 0.1) is 0 Å². The summed E-state index contributed by atoms with van der Waals surface area (Å²) in [5.74, 6) is -0.656. The summed E-state index contributed by atoms with van der Waals surface area (Å²) in [5, 5.41) is 5.69. The van der Waals surface area contributed by atoms with Gasteiger partial charge in [-0.15, -0.1) is 0 Å². The maximum Gasteiger partial charge on any atom is 0.306 e. The molecule has 49 heavy (non-hydrogen) atoms. The molecule has 0 fully saturated rings. The van der Waals surface area contributed by atoms with Crippen LogP contribution in [0.5, 0.6) is 0 Å². The van der Waals surface area contributed by atoms with Crippen molar-refractivity contribution in [1.29, 1.82) is 0 Å². The van der Waals surface area contributed by atoms with Gasteiger partial charge in [-0.25, -0.2) is 0 Å². The highest BCUT2D eigenvalue weighted by Crippen LogP contribution is 2.09. The summed E-state index contributed by atoms with van der Waals surface area (Å²) >= 11 is 0. The van der Waals surface area contributed by atoms with Gasteiger partial charge in [0.1, 0.15) is 26.4 Å². The Kier molecular flexibility index (Phi) is 24.6. The largest absolute Gasteiger partial charge is 0.461 e. The maximum absolute atomic E-state index is 11.9. The monoisotopic (exact) mass is 684 g/mol. The van der Waals surface area contributed by atoms with E-state index in [0.29, 0.717) is 65.6 Å². The average Bonchev–Trinajstić information content (AvgIpc) is 3.12. The fraction of sp³-hybridized carbons (Fsp3) is 0.579. The summed E-state index contributed by atoms with van der Waals surface area (Å²) in [6.45, 7) is 3.03. The normalized spacial score (nSPS) is 10.8. The van der Waals surface area contributed by atoms with Crippen LogP contribution in [0.25, 0.3) is 0 Å². The van der Waals surface area contributed by atoms with Gasteiger partial charge in [-0.05, 0) is 36.8 Å². The van der Waals surface area contributed by atoms with Gasteiger partial charge in [0.15, 0.2) is 0 Å². The van der Waals surface area contributed by atoms with Gasteiger partial charge in [0.25, 0.3) is 0 Å². The number of amides is 2. The van der Waals surface area contributed by atoms with E-state index in [4.69, 9.17) is 23.7 Å². The quantitative estimate of drug-likeness (QED) is 0.0814. The Bertz CT molecular complexity index is 1060. The number of ether oxygens (including phenoxy) is 5. The molecule has 2 aromatic rings. The molecule has 0 bridgehead atoms. The lowest BCUT2D eigenvalue weighted by Crippen LogP contribution is -2.29. The van der Waals surface area contributed by atoms with Crippen LogP contribution in [0.3, 0.4) is 0 Å². The number of carbonyl (C=O) groups is 4. The van der Waals surface area contributed by atoms with Gasteiger partial charge in [-0.1, -0.05) is 99.2 Å². The Morgan fingerprint density at radius 1 is 0.449 bits per heavy atom. The zero-order chi connectivity index (χ0) is 35.0. The smallest absolute Gasteiger partial charge is 0.306 e. The topological polar surface area (TPSA) is 138 Å². The Morgan fingerprint density at radius 3 is 1.24 bits per heavy atom. The molecule has 0 aromatic heterocycles. The van der Waals surface area contributed by atoms with Gasteiger partial charge >= 0.3 is 11.9 Å². The summed E-state index contributed by atoms with van der Waals surface area (Å²) in [6.07, 6.45) is 10.1. The highest BCUT2D eigenvalue weighted by Gasteiger charge is 2.06. The molecule has 0 aliphatic heterocycles. The number of carbonyl (C=O) groups excluding carboxylic acids is 4. The van der Waals surface area contributed by atoms with E-state index in [0.717, 1.165) is 75.3 Å². The Labute approximate surface area is 291 Å². The summed E-state index contributed by atoms with van der Waals surface area (Å²) < 4.78 is 26.6. The van der Waals surface area contributed by atoms with E-state index in [-0.39, 0.29) is 37.0 Å². The minimum absolute atomic E-state index is 0.0189. The number of benzene rings is 2. The van der Waals surface area contributed by atoms with Gasteiger partial charge in [-0.2, -0.15) is 0 Å². The first-order valence-corrected chi connectivity index (χ1v) is 17.7. The molecule has 0 atom stereocenters. The van der Waals surface area contributed by atoms with Crippen molar-refractivity contribution in [1.82, 2.24) is 10.6 Å². The van der Waals surface area contributed by atoms with Gasteiger partial charge in [0.2, 0.25) is 11.8 Å². The lowest BCUT2D eigenvalue weighted by atomic mass is 10.1. The molecule has 0 saturated heterocycles. The van der Waals surface area contributed by atoms with Crippen LogP contribution in [0.1, 0.15) is 88.2 Å². The zero-order valence-corrected chi connectivity index (χ0v) is 29.0. The van der Waals surface area contributed by atoms with Crippen molar-refractivity contribution in [2.75, 3.05) is 52.7 Å². The van der Waals surface area contributed by atoms with Crippen molar-refractivity contribution in [2.24, 2.45) is 0 Å². The molecular weight excluding hydrogens is 628 g/mol. The van der Waals surface area contributed by atoms with Crippen LogP contribution in [0.2, 0.25) is 0 Å². The summed E-state index contributed by atoms with van der Waals surface area (Å²) in [6, 6.07) is 19.3. The fourth-order valence-electron chi connectivity index (χ4n) is 4.69. The van der Waals surface area contributed by atoms with Crippen LogP contribution in [0.4, 0.5) is 0 Å².